The highest BCUT2D eigenvalue weighted by Crippen LogP contribution is 2.17. The summed E-state index contributed by atoms with van der Waals surface area (Å²) in [6, 6.07) is 0. The van der Waals surface area contributed by atoms with Gasteiger partial charge in [-0.25, -0.2) is 4.79 Å². The minimum atomic E-state index is -0.897. The Morgan fingerprint density at radius 2 is 2.43 bits per heavy atom. The maximum Gasteiger partial charge on any atom is 0.340 e. The molecule has 0 rings (SSSR count). The maximum absolute atomic E-state index is 9.81. The van der Waals surface area contributed by atoms with Crippen molar-refractivity contribution in [3.8, 4) is 0 Å². The van der Waals surface area contributed by atoms with Crippen molar-refractivity contribution in [3.05, 3.63) is 0 Å². The Bertz CT molecular complexity index is 66.0. The first-order chi connectivity index (χ1) is 3.27. The summed E-state index contributed by atoms with van der Waals surface area (Å²) < 4.78 is 4.12. The molecule has 1 radical (unpaired) electrons. The van der Waals surface area contributed by atoms with Gasteiger partial charge in [0.15, 0.2) is 20.5 Å². The average molecular weight is 237 g/mol. The van der Waals surface area contributed by atoms with Gasteiger partial charge in [-0.2, -0.15) is 0 Å². The van der Waals surface area contributed by atoms with Gasteiger partial charge in [-0.1, -0.05) is 0 Å². The molecule has 7 heavy (non-hydrogen) atoms. The lowest BCUT2D eigenvalue weighted by atomic mass is 10.9. The van der Waals surface area contributed by atoms with E-state index in [9.17, 15) is 4.79 Å². The van der Waals surface area contributed by atoms with Gasteiger partial charge in [-0.05, 0) is 8.91 Å². The summed E-state index contributed by atoms with van der Waals surface area (Å²) in [4.78, 5) is 13.8. The molecule has 0 aromatic heterocycles. The molecule has 0 amide bonds. The van der Waals surface area contributed by atoms with Gasteiger partial charge in [-0.3, -0.25) is 4.89 Å². The van der Waals surface area contributed by atoms with E-state index in [2.05, 4.69) is 8.10 Å². The zero-order valence-corrected chi connectivity index (χ0v) is 6.39. The third-order valence-electron chi connectivity index (χ3n) is 0.173. The van der Waals surface area contributed by atoms with Crippen LogP contribution >= 0.6 is 29.4 Å². The Morgan fingerprint density at radius 1 is 1.86 bits per heavy atom. The molecule has 0 saturated carbocycles. The minimum absolute atomic E-state index is 0.472. The van der Waals surface area contributed by atoms with Crippen molar-refractivity contribution in [2.75, 3.05) is 0 Å². The van der Waals surface area contributed by atoms with Crippen molar-refractivity contribution in [2.24, 2.45) is 0 Å². The second-order valence-electron chi connectivity index (χ2n) is 0.696. The highest BCUT2D eigenvalue weighted by Gasteiger charge is 1.89. The summed E-state index contributed by atoms with van der Waals surface area (Å²) in [5, 5.41) is 0. The first-order valence-corrected chi connectivity index (χ1v) is 4.98. The predicted octanol–water partition coefficient (Wildman–Crippen LogP) is 1.52. The number of halogens is 2. The van der Waals surface area contributed by atoms with Crippen molar-refractivity contribution in [1.29, 1.82) is 0 Å². The third-order valence-corrected chi connectivity index (χ3v) is 0.808. The lowest BCUT2D eigenvalue weighted by Gasteiger charge is -1.89. The van der Waals surface area contributed by atoms with Gasteiger partial charge in [0, 0.05) is 6.92 Å². The van der Waals surface area contributed by atoms with Crippen LogP contribution in [0.1, 0.15) is 6.92 Å². The molecule has 0 fully saturated rings. The molecule has 0 unspecified atom stereocenters. The van der Waals surface area contributed by atoms with Gasteiger partial charge in [0.25, 0.3) is 0 Å². The molecule has 0 heterocycles. The number of rotatable bonds is 2. The number of hydrogen-bond donors (Lipinski definition) is 0. The van der Waals surface area contributed by atoms with Crippen LogP contribution in [0.3, 0.4) is 0 Å². The van der Waals surface area contributed by atoms with Crippen LogP contribution in [-0.2, 0) is 12.9 Å². The van der Waals surface area contributed by atoms with Gasteiger partial charge >= 0.3 is 5.97 Å². The highest BCUT2D eigenvalue weighted by atomic mass is 127. The van der Waals surface area contributed by atoms with Gasteiger partial charge in [-0.15, -0.1) is 3.22 Å². The van der Waals surface area contributed by atoms with Crippen molar-refractivity contribution in [3.63, 3.8) is 0 Å². The zero-order chi connectivity index (χ0) is 5.70. The van der Waals surface area contributed by atoms with Gasteiger partial charge in [0.2, 0.25) is 0 Å². The van der Waals surface area contributed by atoms with E-state index in [4.69, 9.17) is 8.91 Å². The molecule has 5 heteroatoms. The molecule has 0 aliphatic rings. The Balaban J connectivity index is 2.82. The molecular formula is C2H3ClIO3. The second-order valence-corrected chi connectivity index (χ2v) is 2.17. The van der Waals surface area contributed by atoms with E-state index in [1.807, 2.05) is 0 Å². The maximum atomic E-state index is 9.81. The standard InChI is InChI=1S/C2H3ClIO3/c1-2(5)6-7-4-3/h1H3. The van der Waals surface area contributed by atoms with Crippen LogP contribution in [0.4, 0.5) is 0 Å². The zero-order valence-electron chi connectivity index (χ0n) is 3.48. The van der Waals surface area contributed by atoms with Crippen molar-refractivity contribution < 1.29 is 12.9 Å². The third kappa shape index (κ3) is 6.45. The smallest absolute Gasteiger partial charge is 0.288 e. The number of carbonyl (C=O) groups is 1. The molecule has 3 nitrogen and oxygen atoms in total. The average Bonchev–Trinajstić information content (AvgIpc) is 1.61. The molecule has 0 aliphatic carbocycles. The van der Waals surface area contributed by atoms with Crippen LogP contribution < -0.4 is 0 Å². The van der Waals surface area contributed by atoms with Crippen LogP contribution in [0.15, 0.2) is 0 Å². The van der Waals surface area contributed by atoms with Crippen molar-refractivity contribution in [1.82, 2.24) is 0 Å². The van der Waals surface area contributed by atoms with E-state index in [0.717, 1.165) is 0 Å². The van der Waals surface area contributed by atoms with E-state index in [1.165, 1.54) is 6.92 Å². The molecular weight excluding hydrogens is 234 g/mol. The fraction of sp³-hybridized carbons (Fsp3) is 0.500. The van der Waals surface area contributed by atoms with Crippen LogP contribution in [0.2, 0.25) is 0 Å². The summed E-state index contributed by atoms with van der Waals surface area (Å²) in [5.74, 6) is -0.472. The Morgan fingerprint density at radius 3 is 2.57 bits per heavy atom. The van der Waals surface area contributed by atoms with Crippen LogP contribution in [0.5, 0.6) is 0 Å². The fourth-order valence-electron chi connectivity index (χ4n) is 0.0563. The van der Waals surface area contributed by atoms with Crippen molar-refractivity contribution in [2.45, 2.75) is 6.92 Å². The molecule has 0 aromatic rings. The molecule has 0 aliphatic heterocycles. The summed E-state index contributed by atoms with van der Waals surface area (Å²) in [5.41, 5.74) is 0. The van der Waals surface area contributed by atoms with Gasteiger partial charge < -0.3 is 0 Å². The minimum Gasteiger partial charge on any atom is -0.288 e. The normalized spacial score (nSPS) is 8.29. The van der Waals surface area contributed by atoms with E-state index in [0.29, 0.717) is 0 Å². The topological polar surface area (TPSA) is 35.5 Å². The Labute approximate surface area is 55.4 Å². The Kier molecular flexibility index (Phi) is 4.90. The molecule has 43 valence electrons. The van der Waals surface area contributed by atoms with E-state index < -0.39 is 26.5 Å². The lowest BCUT2D eigenvalue weighted by Crippen LogP contribution is -1.92. The second kappa shape index (κ2) is 4.61. The molecule has 0 N–H and O–H groups in total. The van der Waals surface area contributed by atoms with E-state index >= 15 is 0 Å². The summed E-state index contributed by atoms with van der Waals surface area (Å²) in [7, 11) is 5.06. The molecule has 0 atom stereocenters. The van der Waals surface area contributed by atoms with Crippen molar-refractivity contribution >= 4 is 35.4 Å². The largest absolute Gasteiger partial charge is 0.340 e. The molecule has 0 spiro atoms. The fourth-order valence-corrected chi connectivity index (χ4v) is 0.537. The van der Waals surface area contributed by atoms with E-state index in [1.54, 1.807) is 0 Å². The molecule has 0 saturated heterocycles. The Hall–Kier alpha value is 0.450. The van der Waals surface area contributed by atoms with E-state index in [-0.39, 0.29) is 0 Å². The quantitative estimate of drug-likeness (QED) is 0.415. The predicted molar refractivity (Wildman–Crippen MR) is 32.7 cm³/mol. The number of carbonyl (C=O) groups excluding carboxylic acids is 1. The molecule has 0 aromatic carbocycles. The highest BCUT2D eigenvalue weighted by molar-refractivity contribution is 14.2. The van der Waals surface area contributed by atoms with Crippen LogP contribution in [0.25, 0.3) is 0 Å². The number of hydrogen-bond acceptors (Lipinski definition) is 3. The van der Waals surface area contributed by atoms with Crippen LogP contribution in [0, 0.1) is 0 Å². The molecule has 0 bridgehead atoms. The first-order valence-electron chi connectivity index (χ1n) is 1.37. The summed E-state index contributed by atoms with van der Waals surface area (Å²) >= 11 is -0.897. The summed E-state index contributed by atoms with van der Waals surface area (Å²) in [6.45, 7) is 1.25. The van der Waals surface area contributed by atoms with Crippen LogP contribution in [-0.4, -0.2) is 5.97 Å². The monoisotopic (exact) mass is 237 g/mol. The van der Waals surface area contributed by atoms with Gasteiger partial charge in [0.1, 0.15) is 0 Å². The first kappa shape index (κ1) is 7.45. The SMILES string of the molecule is CC(=O)OO[I]Cl. The lowest BCUT2D eigenvalue weighted by molar-refractivity contribution is -0.192. The summed E-state index contributed by atoms with van der Waals surface area (Å²) in [6.07, 6.45) is 0. The van der Waals surface area contributed by atoms with Gasteiger partial charge in [0.05, 0.1) is 0 Å².